The highest BCUT2D eigenvalue weighted by Crippen LogP contribution is 2.19. The number of amides is 1. The number of H-pyrrole nitrogens is 1. The van der Waals surface area contributed by atoms with Gasteiger partial charge in [-0.1, -0.05) is 0 Å². The van der Waals surface area contributed by atoms with Gasteiger partial charge in [0.15, 0.2) is 5.82 Å². The molecular weight excluding hydrogens is 401 g/mol. The van der Waals surface area contributed by atoms with Crippen LogP contribution in [0, 0.1) is 5.82 Å². The summed E-state index contributed by atoms with van der Waals surface area (Å²) in [4.78, 5) is 16.4. The van der Waals surface area contributed by atoms with Crippen molar-refractivity contribution in [1.29, 1.82) is 0 Å². The Kier molecular flexibility index (Phi) is 5.89. The van der Waals surface area contributed by atoms with Crippen LogP contribution in [0.2, 0.25) is 0 Å². The molecule has 0 fully saturated rings. The second kappa shape index (κ2) is 8.37. The number of aromatic amines is 1. The first kappa shape index (κ1) is 20.4. The maximum atomic E-state index is 14.0. The fourth-order valence-corrected chi connectivity index (χ4v) is 3.22. The summed E-state index contributed by atoms with van der Waals surface area (Å²) in [5.41, 5.74) is 0.354. The number of hydrogen-bond acceptors (Lipinski definition) is 6. The molecule has 0 spiro atoms. The smallest absolute Gasteiger partial charge is 0.254 e. The van der Waals surface area contributed by atoms with Crippen LogP contribution in [0.25, 0.3) is 11.4 Å². The maximum Gasteiger partial charge on any atom is 0.254 e. The minimum absolute atomic E-state index is 0.0512. The van der Waals surface area contributed by atoms with Crippen molar-refractivity contribution in [3.8, 4) is 17.1 Å². The summed E-state index contributed by atoms with van der Waals surface area (Å²) in [5, 5.41) is 9.26. The third-order valence-corrected chi connectivity index (χ3v) is 5.47. The molecule has 1 aromatic heterocycles. The molecule has 29 heavy (non-hydrogen) atoms. The van der Waals surface area contributed by atoms with Gasteiger partial charge in [-0.25, -0.2) is 22.5 Å². The molecule has 0 saturated carbocycles. The largest absolute Gasteiger partial charge is 0.497 e. The Morgan fingerprint density at radius 1 is 1.21 bits per heavy atom. The van der Waals surface area contributed by atoms with Crippen molar-refractivity contribution in [3.63, 3.8) is 0 Å². The summed E-state index contributed by atoms with van der Waals surface area (Å²) < 4.78 is 44.9. The number of methoxy groups -OCH3 is 1. The van der Waals surface area contributed by atoms with E-state index >= 15 is 0 Å². The second-order valence-electron chi connectivity index (χ2n) is 5.87. The summed E-state index contributed by atoms with van der Waals surface area (Å²) in [6, 6.07) is 10.1. The summed E-state index contributed by atoms with van der Waals surface area (Å²) in [6.45, 7) is -0.0512. The Bertz CT molecular complexity index is 1130. The number of aromatic nitrogens is 3. The van der Waals surface area contributed by atoms with Gasteiger partial charge in [0.25, 0.3) is 5.91 Å². The van der Waals surface area contributed by atoms with Gasteiger partial charge in [0.2, 0.25) is 10.0 Å². The van der Waals surface area contributed by atoms with Crippen LogP contribution in [0.3, 0.4) is 0 Å². The molecule has 0 aliphatic heterocycles. The first-order valence-corrected chi connectivity index (χ1v) is 9.89. The second-order valence-corrected chi connectivity index (χ2v) is 7.75. The molecule has 0 aliphatic carbocycles. The Morgan fingerprint density at radius 2 is 1.93 bits per heavy atom. The van der Waals surface area contributed by atoms with Crippen molar-refractivity contribution in [2.24, 2.45) is 0 Å². The van der Waals surface area contributed by atoms with E-state index in [2.05, 4.69) is 25.2 Å². The number of carbonyl (C=O) groups is 1. The van der Waals surface area contributed by atoms with E-state index in [0.717, 1.165) is 23.8 Å². The van der Waals surface area contributed by atoms with E-state index < -0.39 is 27.3 Å². The van der Waals surface area contributed by atoms with Crippen LogP contribution in [0.4, 0.5) is 4.39 Å². The maximum absolute atomic E-state index is 14.0. The molecule has 0 atom stereocenters. The normalized spacial score (nSPS) is 11.3. The van der Waals surface area contributed by atoms with E-state index in [1.165, 1.54) is 7.05 Å². The van der Waals surface area contributed by atoms with Gasteiger partial charge in [-0.05, 0) is 49.5 Å². The van der Waals surface area contributed by atoms with E-state index in [-0.39, 0.29) is 11.4 Å². The highest BCUT2D eigenvalue weighted by molar-refractivity contribution is 7.89. The molecule has 0 aliphatic rings. The summed E-state index contributed by atoms with van der Waals surface area (Å²) in [7, 11) is -1.01. The Hall–Kier alpha value is -3.31. The topological polar surface area (TPSA) is 126 Å². The number of rotatable bonds is 7. The Labute approximate surface area is 166 Å². The standard InChI is InChI=1S/C18H18FN5O4S/c1-20-29(26,27)13-7-8-15(19)14(9-13)18(25)21-10-16-22-17(24-23-16)11-3-5-12(28-2)6-4-11/h3-9,20H,10H2,1-2H3,(H,21,25)(H,22,23,24). The van der Waals surface area contributed by atoms with Crippen LogP contribution in [0.1, 0.15) is 16.2 Å². The van der Waals surface area contributed by atoms with Crippen LogP contribution in [-0.4, -0.2) is 43.7 Å². The SMILES string of the molecule is CNS(=O)(=O)c1ccc(F)c(C(=O)NCc2nc(-c3ccc(OC)cc3)n[nH]2)c1. The minimum atomic E-state index is -3.80. The van der Waals surface area contributed by atoms with Gasteiger partial charge in [-0.15, -0.1) is 0 Å². The lowest BCUT2D eigenvalue weighted by Gasteiger charge is -2.07. The molecule has 1 amide bonds. The van der Waals surface area contributed by atoms with Crippen LogP contribution < -0.4 is 14.8 Å². The highest BCUT2D eigenvalue weighted by atomic mass is 32.2. The fourth-order valence-electron chi connectivity index (χ4n) is 2.47. The zero-order chi connectivity index (χ0) is 21.0. The number of nitrogens with zero attached hydrogens (tertiary/aromatic N) is 2. The quantitative estimate of drug-likeness (QED) is 0.532. The van der Waals surface area contributed by atoms with Crippen molar-refractivity contribution < 1.29 is 22.3 Å². The number of halogens is 1. The number of sulfonamides is 1. The molecule has 3 rings (SSSR count). The first-order chi connectivity index (χ1) is 13.8. The summed E-state index contributed by atoms with van der Waals surface area (Å²) >= 11 is 0. The molecule has 0 bridgehead atoms. The zero-order valence-corrected chi connectivity index (χ0v) is 16.4. The number of carbonyl (C=O) groups excluding carboxylic acids is 1. The van der Waals surface area contributed by atoms with E-state index in [1.54, 1.807) is 31.4 Å². The number of nitrogens with one attached hydrogen (secondary N) is 3. The highest BCUT2D eigenvalue weighted by Gasteiger charge is 2.18. The van der Waals surface area contributed by atoms with Gasteiger partial charge >= 0.3 is 0 Å². The number of ether oxygens (including phenoxy) is 1. The average molecular weight is 419 g/mol. The molecule has 2 aromatic carbocycles. The van der Waals surface area contributed by atoms with Gasteiger partial charge in [0, 0.05) is 5.56 Å². The van der Waals surface area contributed by atoms with Gasteiger partial charge < -0.3 is 10.1 Å². The summed E-state index contributed by atoms with van der Waals surface area (Å²) in [6.07, 6.45) is 0. The summed E-state index contributed by atoms with van der Waals surface area (Å²) in [5.74, 6) is -0.151. The monoisotopic (exact) mass is 419 g/mol. The first-order valence-electron chi connectivity index (χ1n) is 8.41. The van der Waals surface area contributed by atoms with Gasteiger partial charge in [-0.3, -0.25) is 9.89 Å². The Balaban J connectivity index is 1.71. The number of benzene rings is 2. The van der Waals surface area contributed by atoms with Crippen molar-refractivity contribution in [2.45, 2.75) is 11.4 Å². The molecular formula is C18H18FN5O4S. The third kappa shape index (κ3) is 4.58. The van der Waals surface area contributed by atoms with E-state index in [9.17, 15) is 17.6 Å². The lowest BCUT2D eigenvalue weighted by molar-refractivity contribution is 0.0945. The molecule has 0 saturated heterocycles. The molecule has 11 heteroatoms. The zero-order valence-electron chi connectivity index (χ0n) is 15.6. The van der Waals surface area contributed by atoms with Crippen LogP contribution in [0.5, 0.6) is 5.75 Å². The predicted molar refractivity (Wildman–Crippen MR) is 102 cm³/mol. The van der Waals surface area contributed by atoms with E-state index in [4.69, 9.17) is 4.74 Å². The van der Waals surface area contributed by atoms with Crippen LogP contribution in [-0.2, 0) is 16.6 Å². The Morgan fingerprint density at radius 3 is 2.59 bits per heavy atom. The van der Waals surface area contributed by atoms with Crippen molar-refractivity contribution >= 4 is 15.9 Å². The van der Waals surface area contributed by atoms with E-state index in [1.807, 2.05) is 0 Å². The van der Waals surface area contributed by atoms with Crippen LogP contribution in [0.15, 0.2) is 47.4 Å². The van der Waals surface area contributed by atoms with Crippen molar-refractivity contribution in [1.82, 2.24) is 25.2 Å². The molecule has 1 heterocycles. The minimum Gasteiger partial charge on any atom is -0.497 e. The molecule has 9 nitrogen and oxygen atoms in total. The third-order valence-electron chi connectivity index (χ3n) is 4.06. The average Bonchev–Trinajstić information content (AvgIpc) is 3.21. The predicted octanol–water partition coefficient (Wildman–Crippen LogP) is 1.46. The lowest BCUT2D eigenvalue weighted by atomic mass is 10.2. The van der Waals surface area contributed by atoms with Gasteiger partial charge in [0.1, 0.15) is 17.4 Å². The van der Waals surface area contributed by atoms with Crippen LogP contribution >= 0.6 is 0 Å². The van der Waals surface area contributed by atoms with E-state index in [0.29, 0.717) is 17.4 Å². The van der Waals surface area contributed by atoms with Gasteiger partial charge in [0.05, 0.1) is 24.1 Å². The molecule has 3 aromatic rings. The van der Waals surface area contributed by atoms with Crippen molar-refractivity contribution in [3.05, 3.63) is 59.7 Å². The fraction of sp³-hybridized carbons (Fsp3) is 0.167. The number of hydrogen-bond donors (Lipinski definition) is 3. The molecule has 3 N–H and O–H groups in total. The molecule has 0 radical (unpaired) electrons. The van der Waals surface area contributed by atoms with Crippen molar-refractivity contribution in [2.75, 3.05) is 14.2 Å². The molecule has 152 valence electrons. The lowest BCUT2D eigenvalue weighted by Crippen LogP contribution is -2.25. The van der Waals surface area contributed by atoms with Gasteiger partial charge in [-0.2, -0.15) is 5.10 Å². The molecule has 0 unspecified atom stereocenters.